The van der Waals surface area contributed by atoms with E-state index >= 15 is 0 Å². The Morgan fingerprint density at radius 3 is 2.86 bits per heavy atom. The number of carbonyl (C=O) groups excluding carboxylic acids is 2. The van der Waals surface area contributed by atoms with Crippen LogP contribution in [0.4, 0.5) is 4.79 Å². The number of hydrogen-bond acceptors (Lipinski definition) is 5. The van der Waals surface area contributed by atoms with Crippen LogP contribution in [0.25, 0.3) is 0 Å². The van der Waals surface area contributed by atoms with E-state index in [1.165, 1.54) is 4.90 Å². The van der Waals surface area contributed by atoms with Gasteiger partial charge in [0.25, 0.3) is 0 Å². The Labute approximate surface area is 170 Å². The topological polar surface area (TPSA) is 104 Å². The van der Waals surface area contributed by atoms with E-state index in [0.717, 1.165) is 29.0 Å². The van der Waals surface area contributed by atoms with Crippen LogP contribution in [-0.2, 0) is 17.8 Å². The van der Waals surface area contributed by atoms with Gasteiger partial charge in [-0.3, -0.25) is 9.69 Å². The number of carbonyl (C=O) groups is 2. The van der Waals surface area contributed by atoms with E-state index in [2.05, 4.69) is 27.9 Å². The maximum absolute atomic E-state index is 11.7. The highest BCUT2D eigenvalue weighted by atomic mass is 16.5. The molecular weight excluding hydrogens is 374 g/mol. The molecule has 3 rings (SSSR count). The quantitative estimate of drug-likeness (QED) is 0.340. The van der Waals surface area contributed by atoms with Crippen LogP contribution in [0.1, 0.15) is 31.9 Å². The number of fused-ring (bicyclic) bond motifs is 1. The molecule has 0 radical (unpaired) electrons. The highest BCUT2D eigenvalue weighted by Gasteiger charge is 2.27. The molecule has 29 heavy (non-hydrogen) atoms. The molecule has 1 fully saturated rings. The van der Waals surface area contributed by atoms with Crippen LogP contribution < -0.4 is 25.4 Å². The summed E-state index contributed by atoms with van der Waals surface area (Å²) in [6, 6.07) is 3.70. The van der Waals surface area contributed by atoms with E-state index in [4.69, 9.17) is 9.47 Å². The number of rotatable bonds is 8. The molecule has 158 valence electrons. The Hall–Kier alpha value is -2.97. The van der Waals surface area contributed by atoms with Gasteiger partial charge in [0.15, 0.2) is 5.96 Å². The van der Waals surface area contributed by atoms with Crippen LogP contribution in [0, 0.1) is 0 Å². The molecule has 2 aliphatic rings. The SMILES string of the molecule is CCNC(=NCc1cc2c(cc1OCC)CC(C)O2)NCCN1C(=O)CNC1=O. The first-order chi connectivity index (χ1) is 14.0. The van der Waals surface area contributed by atoms with Gasteiger partial charge in [-0.1, -0.05) is 0 Å². The average Bonchev–Trinajstić information content (AvgIpc) is 3.21. The fourth-order valence-electron chi connectivity index (χ4n) is 3.37. The van der Waals surface area contributed by atoms with Gasteiger partial charge < -0.3 is 25.4 Å². The van der Waals surface area contributed by atoms with Crippen molar-refractivity contribution < 1.29 is 19.1 Å². The summed E-state index contributed by atoms with van der Waals surface area (Å²) >= 11 is 0. The minimum Gasteiger partial charge on any atom is -0.494 e. The van der Waals surface area contributed by atoms with E-state index in [-0.39, 0.29) is 31.1 Å². The minimum absolute atomic E-state index is 0.0617. The monoisotopic (exact) mass is 403 g/mol. The molecule has 0 saturated carbocycles. The van der Waals surface area contributed by atoms with Crippen molar-refractivity contribution in [1.82, 2.24) is 20.9 Å². The number of amides is 3. The fourth-order valence-corrected chi connectivity index (χ4v) is 3.37. The number of nitrogens with one attached hydrogen (secondary N) is 3. The summed E-state index contributed by atoms with van der Waals surface area (Å²) < 4.78 is 11.7. The van der Waals surface area contributed by atoms with E-state index in [0.29, 0.717) is 32.2 Å². The molecule has 1 atom stereocenters. The second-order valence-corrected chi connectivity index (χ2v) is 6.96. The zero-order valence-electron chi connectivity index (χ0n) is 17.2. The van der Waals surface area contributed by atoms with Gasteiger partial charge in [0, 0.05) is 37.2 Å². The molecule has 2 aliphatic heterocycles. The molecule has 0 aliphatic carbocycles. The van der Waals surface area contributed by atoms with Gasteiger partial charge in [-0.15, -0.1) is 0 Å². The van der Waals surface area contributed by atoms with Gasteiger partial charge in [-0.25, -0.2) is 9.79 Å². The first kappa shape index (κ1) is 20.8. The third-order valence-electron chi connectivity index (χ3n) is 4.70. The maximum atomic E-state index is 11.7. The largest absolute Gasteiger partial charge is 0.494 e. The summed E-state index contributed by atoms with van der Waals surface area (Å²) in [7, 11) is 0. The second-order valence-electron chi connectivity index (χ2n) is 6.96. The van der Waals surface area contributed by atoms with Crippen molar-refractivity contribution in [1.29, 1.82) is 0 Å². The summed E-state index contributed by atoms with van der Waals surface area (Å²) in [6.07, 6.45) is 1.05. The first-order valence-electron chi connectivity index (χ1n) is 10.1. The number of benzene rings is 1. The van der Waals surface area contributed by atoms with E-state index in [9.17, 15) is 9.59 Å². The highest BCUT2D eigenvalue weighted by Crippen LogP contribution is 2.35. The number of ether oxygens (including phenoxy) is 2. The molecule has 9 nitrogen and oxygen atoms in total. The molecular formula is C20H29N5O4. The number of nitrogens with zero attached hydrogens (tertiary/aromatic N) is 2. The van der Waals surface area contributed by atoms with E-state index in [1.54, 1.807) is 0 Å². The van der Waals surface area contributed by atoms with Crippen molar-refractivity contribution in [3.8, 4) is 11.5 Å². The Morgan fingerprint density at radius 2 is 2.17 bits per heavy atom. The van der Waals surface area contributed by atoms with E-state index < -0.39 is 0 Å². The number of aliphatic imine (C=N–C) groups is 1. The molecule has 9 heteroatoms. The molecule has 0 spiro atoms. The number of imide groups is 1. The second kappa shape index (κ2) is 9.49. The van der Waals surface area contributed by atoms with Crippen LogP contribution in [0.15, 0.2) is 17.1 Å². The zero-order chi connectivity index (χ0) is 20.8. The van der Waals surface area contributed by atoms with Crippen molar-refractivity contribution >= 4 is 17.9 Å². The van der Waals surface area contributed by atoms with Crippen LogP contribution >= 0.6 is 0 Å². The molecule has 1 saturated heterocycles. The number of hydrogen-bond donors (Lipinski definition) is 3. The minimum atomic E-state index is -0.354. The number of guanidine groups is 1. The van der Waals surface area contributed by atoms with Gasteiger partial charge in [0.1, 0.15) is 17.6 Å². The van der Waals surface area contributed by atoms with Crippen molar-refractivity contribution in [2.45, 2.75) is 39.8 Å². The highest BCUT2D eigenvalue weighted by molar-refractivity contribution is 6.01. The molecule has 1 aromatic rings. The van der Waals surface area contributed by atoms with E-state index in [1.807, 2.05) is 26.0 Å². The van der Waals surface area contributed by atoms with Gasteiger partial charge >= 0.3 is 6.03 Å². The molecule has 0 bridgehead atoms. The summed E-state index contributed by atoms with van der Waals surface area (Å²) in [6.45, 7) is 8.43. The lowest BCUT2D eigenvalue weighted by atomic mass is 10.1. The fraction of sp³-hybridized carbons (Fsp3) is 0.550. The van der Waals surface area contributed by atoms with Crippen molar-refractivity contribution in [3.63, 3.8) is 0 Å². The lowest BCUT2D eigenvalue weighted by Crippen LogP contribution is -2.43. The van der Waals surface area contributed by atoms with Gasteiger partial charge in [-0.05, 0) is 32.9 Å². The Bertz CT molecular complexity index is 779. The molecule has 1 unspecified atom stereocenters. The summed E-state index contributed by atoms with van der Waals surface area (Å²) in [5.74, 6) is 2.11. The van der Waals surface area contributed by atoms with Crippen LogP contribution in [0.3, 0.4) is 0 Å². The summed E-state index contributed by atoms with van der Waals surface area (Å²) in [4.78, 5) is 29.1. The average molecular weight is 403 g/mol. The number of urea groups is 1. The zero-order valence-corrected chi connectivity index (χ0v) is 17.2. The first-order valence-corrected chi connectivity index (χ1v) is 10.1. The normalized spacial score (nSPS) is 18.4. The molecule has 0 aromatic heterocycles. The lowest BCUT2D eigenvalue weighted by Gasteiger charge is -2.16. The third kappa shape index (κ3) is 5.10. The van der Waals surface area contributed by atoms with Crippen LogP contribution in [-0.4, -0.2) is 61.7 Å². The predicted octanol–water partition coefficient (Wildman–Crippen LogP) is 1.02. The van der Waals surface area contributed by atoms with Crippen molar-refractivity contribution in [3.05, 3.63) is 23.3 Å². The third-order valence-corrected chi connectivity index (χ3v) is 4.70. The molecule has 1 aromatic carbocycles. The van der Waals surface area contributed by atoms with Crippen LogP contribution in [0.2, 0.25) is 0 Å². The molecule has 3 amide bonds. The summed E-state index contributed by atoms with van der Waals surface area (Å²) in [5, 5.41) is 8.85. The Morgan fingerprint density at radius 1 is 1.34 bits per heavy atom. The summed E-state index contributed by atoms with van der Waals surface area (Å²) in [5.41, 5.74) is 2.11. The molecule has 3 N–H and O–H groups in total. The molecule has 2 heterocycles. The van der Waals surface area contributed by atoms with Gasteiger partial charge in [0.05, 0.1) is 19.7 Å². The predicted molar refractivity (Wildman–Crippen MR) is 109 cm³/mol. The lowest BCUT2D eigenvalue weighted by molar-refractivity contribution is -0.124. The van der Waals surface area contributed by atoms with Gasteiger partial charge in [-0.2, -0.15) is 0 Å². The van der Waals surface area contributed by atoms with Crippen LogP contribution in [0.5, 0.6) is 11.5 Å². The Balaban J connectivity index is 1.65. The van der Waals surface area contributed by atoms with Crippen molar-refractivity contribution in [2.75, 3.05) is 32.8 Å². The van der Waals surface area contributed by atoms with Crippen molar-refractivity contribution in [2.24, 2.45) is 4.99 Å². The Kier molecular flexibility index (Phi) is 6.79. The standard InChI is InChI=1S/C20H29N5O4/c1-4-21-19(22-6-7-25-18(26)12-24-20(25)27)23-11-15-10-17-14(8-13(3)29-17)9-16(15)28-5-2/h9-10,13H,4-8,11-12H2,1-3H3,(H,24,27)(H2,21,22,23). The van der Waals surface area contributed by atoms with Gasteiger partial charge in [0.2, 0.25) is 5.91 Å². The maximum Gasteiger partial charge on any atom is 0.324 e. The smallest absolute Gasteiger partial charge is 0.324 e.